The third-order valence-electron chi connectivity index (χ3n) is 2.06. The van der Waals surface area contributed by atoms with Gasteiger partial charge in [0.2, 0.25) is 0 Å². The average molecular weight is 216 g/mol. The Morgan fingerprint density at radius 2 is 2.06 bits per heavy atom. The minimum atomic E-state index is -0.426. The van der Waals surface area contributed by atoms with E-state index in [1.165, 1.54) is 0 Å². The van der Waals surface area contributed by atoms with Gasteiger partial charge in [0.15, 0.2) is 0 Å². The van der Waals surface area contributed by atoms with Crippen molar-refractivity contribution in [2.45, 2.75) is 26.2 Å². The Bertz CT molecular complexity index is 371. The van der Waals surface area contributed by atoms with E-state index in [0.717, 1.165) is 18.4 Å². The lowest BCUT2D eigenvalue weighted by molar-refractivity contribution is -0.136. The summed E-state index contributed by atoms with van der Waals surface area (Å²) >= 11 is 0. The van der Waals surface area contributed by atoms with Gasteiger partial charge >= 0.3 is 5.97 Å². The second kappa shape index (κ2) is 7.53. The third-order valence-corrected chi connectivity index (χ3v) is 2.06. The molecule has 0 N–H and O–H groups in total. The van der Waals surface area contributed by atoms with Crippen LogP contribution in [-0.2, 0) is 16.0 Å². The first-order valence-electron chi connectivity index (χ1n) is 5.52. The summed E-state index contributed by atoms with van der Waals surface area (Å²) in [6.45, 7) is 2.52. The first-order valence-corrected chi connectivity index (χ1v) is 5.52. The maximum absolute atomic E-state index is 11.1. The molecule has 0 heterocycles. The fourth-order valence-corrected chi connectivity index (χ4v) is 1.16. The zero-order valence-corrected chi connectivity index (χ0v) is 9.53. The number of hydrogen-bond acceptors (Lipinski definition) is 2. The predicted molar refractivity (Wildman–Crippen MR) is 63.8 cm³/mol. The Labute approximate surface area is 96.6 Å². The van der Waals surface area contributed by atoms with Gasteiger partial charge in [-0.25, -0.2) is 4.79 Å². The highest BCUT2D eigenvalue weighted by Gasteiger charge is 1.94. The maximum Gasteiger partial charge on any atom is 0.384 e. The number of ether oxygens (including phenoxy) is 1. The van der Waals surface area contributed by atoms with Gasteiger partial charge in [-0.2, -0.15) is 0 Å². The number of carbonyl (C=O) groups excluding carboxylic acids is 1. The first kappa shape index (κ1) is 12.3. The molecule has 16 heavy (non-hydrogen) atoms. The van der Waals surface area contributed by atoms with Crippen LogP contribution in [-0.4, -0.2) is 12.6 Å². The summed E-state index contributed by atoms with van der Waals surface area (Å²) in [7, 11) is 0. The standard InChI is InChI=1S/C14H16O2/c1-2-3-12-16-14(15)11-7-10-13-8-5-4-6-9-13/h4-6,8-9H,2-3,10,12H2,1H3. The van der Waals surface area contributed by atoms with Crippen molar-refractivity contribution in [2.24, 2.45) is 0 Å². The van der Waals surface area contributed by atoms with E-state index in [9.17, 15) is 4.79 Å². The fourth-order valence-electron chi connectivity index (χ4n) is 1.16. The Morgan fingerprint density at radius 3 is 2.75 bits per heavy atom. The molecule has 0 aliphatic rings. The molecule has 2 heteroatoms. The maximum atomic E-state index is 11.1. The molecule has 0 spiro atoms. The second-order valence-electron chi connectivity index (χ2n) is 3.45. The Hall–Kier alpha value is -1.75. The van der Waals surface area contributed by atoms with Crippen molar-refractivity contribution in [3.05, 3.63) is 35.9 Å². The summed E-state index contributed by atoms with van der Waals surface area (Å²) in [5.41, 5.74) is 1.11. The van der Waals surface area contributed by atoms with Crippen molar-refractivity contribution in [3.8, 4) is 11.8 Å². The molecule has 0 atom stereocenters. The summed E-state index contributed by atoms with van der Waals surface area (Å²) in [4.78, 5) is 11.1. The van der Waals surface area contributed by atoms with Crippen molar-refractivity contribution in [1.82, 2.24) is 0 Å². The van der Waals surface area contributed by atoms with Crippen LogP contribution in [0.25, 0.3) is 0 Å². The van der Waals surface area contributed by atoms with E-state index >= 15 is 0 Å². The molecule has 0 aliphatic heterocycles. The highest BCUT2D eigenvalue weighted by molar-refractivity contribution is 5.88. The van der Waals surface area contributed by atoms with Crippen LogP contribution in [0.3, 0.4) is 0 Å². The van der Waals surface area contributed by atoms with Crippen LogP contribution in [0.15, 0.2) is 30.3 Å². The van der Waals surface area contributed by atoms with Gasteiger partial charge < -0.3 is 4.74 Å². The molecule has 0 unspecified atom stereocenters. The number of benzene rings is 1. The normalized spacial score (nSPS) is 9.06. The molecular weight excluding hydrogens is 200 g/mol. The van der Waals surface area contributed by atoms with Crippen LogP contribution >= 0.6 is 0 Å². The van der Waals surface area contributed by atoms with E-state index in [-0.39, 0.29) is 0 Å². The van der Waals surface area contributed by atoms with E-state index in [0.29, 0.717) is 13.0 Å². The Balaban J connectivity index is 2.29. The summed E-state index contributed by atoms with van der Waals surface area (Å²) in [6, 6.07) is 9.83. The topological polar surface area (TPSA) is 26.3 Å². The minimum absolute atomic E-state index is 0.426. The molecule has 0 radical (unpaired) electrons. The van der Waals surface area contributed by atoms with Crippen LogP contribution in [0, 0.1) is 11.8 Å². The quantitative estimate of drug-likeness (QED) is 0.334. The van der Waals surface area contributed by atoms with Crippen LogP contribution in [0.2, 0.25) is 0 Å². The molecule has 1 rings (SSSR count). The summed E-state index contributed by atoms with van der Waals surface area (Å²) in [5.74, 6) is 4.86. The van der Waals surface area contributed by atoms with E-state index < -0.39 is 5.97 Å². The second-order valence-corrected chi connectivity index (χ2v) is 3.45. The molecule has 0 fully saturated rings. The van der Waals surface area contributed by atoms with Gasteiger partial charge in [-0.15, -0.1) is 0 Å². The fraction of sp³-hybridized carbons (Fsp3) is 0.357. The van der Waals surface area contributed by atoms with Gasteiger partial charge in [-0.1, -0.05) is 49.6 Å². The number of unbranched alkanes of at least 4 members (excludes halogenated alkanes) is 1. The molecule has 1 aromatic rings. The molecule has 0 saturated carbocycles. The van der Waals surface area contributed by atoms with Crippen molar-refractivity contribution in [1.29, 1.82) is 0 Å². The van der Waals surface area contributed by atoms with Gasteiger partial charge in [0.05, 0.1) is 6.61 Å². The smallest absolute Gasteiger partial charge is 0.384 e. The SMILES string of the molecule is CCCCOC(=O)C#CCc1ccccc1. The predicted octanol–water partition coefficient (Wildman–Crippen LogP) is 2.58. The van der Waals surface area contributed by atoms with Crippen LogP contribution in [0.1, 0.15) is 25.3 Å². The third kappa shape index (κ3) is 5.21. The molecule has 0 bridgehead atoms. The number of hydrogen-bond donors (Lipinski definition) is 0. The van der Waals surface area contributed by atoms with E-state index in [2.05, 4.69) is 18.8 Å². The highest BCUT2D eigenvalue weighted by Crippen LogP contribution is 1.97. The molecule has 0 amide bonds. The largest absolute Gasteiger partial charge is 0.456 e. The van der Waals surface area contributed by atoms with Crippen LogP contribution in [0.5, 0.6) is 0 Å². The van der Waals surface area contributed by atoms with Crippen LogP contribution < -0.4 is 0 Å². The van der Waals surface area contributed by atoms with Crippen molar-refractivity contribution in [2.75, 3.05) is 6.61 Å². The molecule has 0 aromatic heterocycles. The van der Waals surface area contributed by atoms with Crippen molar-refractivity contribution < 1.29 is 9.53 Å². The van der Waals surface area contributed by atoms with Gasteiger partial charge in [-0.05, 0) is 12.0 Å². The summed E-state index contributed by atoms with van der Waals surface area (Å²) < 4.78 is 4.91. The summed E-state index contributed by atoms with van der Waals surface area (Å²) in [5, 5.41) is 0. The Morgan fingerprint density at radius 1 is 1.31 bits per heavy atom. The van der Waals surface area contributed by atoms with Crippen molar-refractivity contribution in [3.63, 3.8) is 0 Å². The van der Waals surface area contributed by atoms with Gasteiger partial charge in [-0.3, -0.25) is 0 Å². The lowest BCUT2D eigenvalue weighted by atomic mass is 10.2. The summed E-state index contributed by atoms with van der Waals surface area (Å²) in [6.07, 6.45) is 2.50. The van der Waals surface area contributed by atoms with Gasteiger partial charge in [0.25, 0.3) is 0 Å². The van der Waals surface area contributed by atoms with Gasteiger partial charge in [0, 0.05) is 12.3 Å². The molecule has 84 valence electrons. The Kier molecular flexibility index (Phi) is 5.80. The van der Waals surface area contributed by atoms with Crippen molar-refractivity contribution >= 4 is 5.97 Å². The first-order chi connectivity index (χ1) is 7.83. The minimum Gasteiger partial charge on any atom is -0.456 e. The molecule has 0 saturated heterocycles. The number of rotatable bonds is 4. The molecule has 1 aromatic carbocycles. The van der Waals surface area contributed by atoms with Gasteiger partial charge in [0.1, 0.15) is 0 Å². The zero-order valence-electron chi connectivity index (χ0n) is 9.53. The zero-order chi connectivity index (χ0) is 11.6. The highest BCUT2D eigenvalue weighted by atomic mass is 16.5. The molecular formula is C14H16O2. The lowest BCUT2D eigenvalue weighted by Crippen LogP contribution is -2.02. The number of carbonyl (C=O) groups is 1. The van der Waals surface area contributed by atoms with E-state index in [1.54, 1.807) is 0 Å². The van der Waals surface area contributed by atoms with E-state index in [4.69, 9.17) is 4.74 Å². The molecule has 0 aliphatic carbocycles. The average Bonchev–Trinajstić information content (AvgIpc) is 2.31. The lowest BCUT2D eigenvalue weighted by Gasteiger charge is -1.96. The molecule has 2 nitrogen and oxygen atoms in total. The number of esters is 1. The van der Waals surface area contributed by atoms with E-state index in [1.807, 2.05) is 30.3 Å². The monoisotopic (exact) mass is 216 g/mol. The van der Waals surface area contributed by atoms with Crippen LogP contribution in [0.4, 0.5) is 0 Å².